The molecule has 0 heterocycles. The zero-order chi connectivity index (χ0) is 6.73. The maximum atomic E-state index is 7.62. The average molecular weight is 115 g/mol. The first-order chi connectivity index (χ1) is 3.55. The van der Waals surface area contributed by atoms with Gasteiger partial charge in [-0.1, -0.05) is 38.2 Å². The van der Waals surface area contributed by atoms with E-state index in [4.69, 9.17) is 0.939 Å². The molecule has 0 rings (SSSR count). The van der Waals surface area contributed by atoms with E-state index in [0.29, 0.717) is 9.56 Å². The van der Waals surface area contributed by atoms with Crippen molar-refractivity contribution >= 4 is 15.1 Å². The molecular weight excluding hydrogens is 99.0 g/mol. The summed E-state index contributed by atoms with van der Waals surface area (Å²) >= 11 is -1.10. The molecule has 0 aromatic carbocycles. The Labute approximate surface area is 53.9 Å². The third kappa shape index (κ3) is 6.53. The van der Waals surface area contributed by atoms with E-state index in [1.54, 1.807) is 0 Å². The molecule has 0 amide bonds. The van der Waals surface area contributed by atoms with Crippen molar-refractivity contribution in [2.45, 2.75) is 37.3 Å². The van der Waals surface area contributed by atoms with Crippen LogP contribution in [0, 0.1) is 0 Å². The van der Waals surface area contributed by atoms with Gasteiger partial charge in [0.15, 0.2) is 0 Å². The first-order valence-corrected chi connectivity index (χ1v) is 4.31. The number of hydrogen-bond donors (Lipinski definition) is 0. The number of hydrogen-bond acceptors (Lipinski definition) is 0. The summed E-state index contributed by atoms with van der Waals surface area (Å²) in [7, 11) is 0. The van der Waals surface area contributed by atoms with Gasteiger partial charge in [0, 0.05) is 0 Å². The van der Waals surface area contributed by atoms with Gasteiger partial charge in [-0.25, -0.2) is 0 Å². The standard InChI is InChI=1S/2C3H7.Al.H/c2*1-3-2;;/h2*3H,1-2H3;;/i;;;1+1. The molecule has 42 valence electrons. The molecular formula is C6H15Al. The van der Waals surface area contributed by atoms with Crippen molar-refractivity contribution in [1.29, 1.82) is 0.939 Å². The average Bonchev–Trinajstić information content (AvgIpc) is 1.64. The molecule has 0 radical (unpaired) electrons. The minimum Gasteiger partial charge on any atom is -0.0912 e. The lowest BCUT2D eigenvalue weighted by molar-refractivity contribution is 0.971. The zero-order valence-corrected chi connectivity index (χ0v) is 6.89. The minimum absolute atomic E-state index is 0.648. The van der Waals surface area contributed by atoms with Gasteiger partial charge in [-0.2, -0.15) is 0 Å². The second-order valence-corrected chi connectivity index (χ2v) is 5.73. The quantitative estimate of drug-likeness (QED) is 0.483. The highest BCUT2D eigenvalue weighted by Gasteiger charge is 2.01. The van der Waals surface area contributed by atoms with Gasteiger partial charge in [-0.3, -0.25) is 0 Å². The molecule has 0 spiro atoms. The van der Waals surface area contributed by atoms with Crippen molar-refractivity contribution in [3.05, 3.63) is 0 Å². The summed E-state index contributed by atoms with van der Waals surface area (Å²) in [6.07, 6.45) is 0. The molecule has 0 aromatic heterocycles. The Bertz CT molecular complexity index is 53.5. The third-order valence-corrected chi connectivity index (χ3v) is 2.31. The lowest BCUT2D eigenvalue weighted by Crippen LogP contribution is -1.98. The van der Waals surface area contributed by atoms with Crippen LogP contribution in [0.5, 0.6) is 0 Å². The van der Waals surface area contributed by atoms with Crippen LogP contribution in [-0.2, 0) is 0 Å². The zero-order valence-electron chi connectivity index (χ0n) is 6.73. The van der Waals surface area contributed by atoms with Gasteiger partial charge in [0.25, 0.3) is 0 Å². The largest absolute Gasteiger partial charge is 0.243 e. The molecule has 0 saturated heterocycles. The summed E-state index contributed by atoms with van der Waals surface area (Å²) in [6.45, 7) is 8.63. The van der Waals surface area contributed by atoms with Crippen LogP contribution in [0.1, 0.15) is 27.7 Å². The van der Waals surface area contributed by atoms with Crippen molar-refractivity contribution in [2.75, 3.05) is 0 Å². The van der Waals surface area contributed by atoms with Crippen molar-refractivity contribution in [1.82, 2.24) is 0 Å². The normalized spacial score (nSPS) is 12.6. The molecule has 0 bridgehead atoms. The maximum absolute atomic E-state index is 7.62. The van der Waals surface area contributed by atoms with Crippen LogP contribution >= 0.6 is 0 Å². The van der Waals surface area contributed by atoms with Crippen LogP contribution in [-0.4, -0.2) is 16.0 Å². The monoisotopic (exact) mass is 115 g/mol. The van der Waals surface area contributed by atoms with Gasteiger partial charge in [0.2, 0.25) is 15.1 Å². The Morgan fingerprint density at radius 2 is 1.43 bits per heavy atom. The molecule has 0 aliphatic carbocycles. The summed E-state index contributed by atoms with van der Waals surface area (Å²) in [5.41, 5.74) is 0. The van der Waals surface area contributed by atoms with E-state index in [-0.39, 0.29) is 0 Å². The van der Waals surface area contributed by atoms with Crippen molar-refractivity contribution in [3.63, 3.8) is 0 Å². The van der Waals surface area contributed by atoms with Gasteiger partial charge in [-0.15, -0.1) is 0 Å². The fraction of sp³-hybridized carbons (Fsp3) is 1.00. The predicted molar refractivity (Wildman–Crippen MR) is 37.3 cm³/mol. The van der Waals surface area contributed by atoms with Crippen LogP contribution in [0.4, 0.5) is 0 Å². The first-order valence-electron chi connectivity index (χ1n) is 3.55. The van der Waals surface area contributed by atoms with Crippen molar-refractivity contribution in [3.8, 4) is 0 Å². The molecule has 0 atom stereocenters. The molecule has 1 heteroatoms. The summed E-state index contributed by atoms with van der Waals surface area (Å²) in [5.74, 6) is 0. The van der Waals surface area contributed by atoms with Gasteiger partial charge in [0.05, 0.1) is 0 Å². The molecule has 0 aliphatic rings. The fourth-order valence-electron chi connectivity index (χ4n) is 0.770. The number of rotatable bonds is 2. The third-order valence-electron chi connectivity index (χ3n) is 0.770. The summed E-state index contributed by atoms with van der Waals surface area (Å²) in [6, 6.07) is 0. The molecule has 0 aliphatic heterocycles. The Kier molecular flexibility index (Phi) is 2.85. The van der Waals surface area contributed by atoms with E-state index < -0.39 is 15.1 Å². The van der Waals surface area contributed by atoms with E-state index in [2.05, 4.69) is 27.7 Å². The Hall–Kier alpha value is 0.532. The van der Waals surface area contributed by atoms with Crippen molar-refractivity contribution in [2.24, 2.45) is 0 Å². The van der Waals surface area contributed by atoms with E-state index >= 15 is 0 Å². The minimum atomic E-state index is -1.10. The highest BCUT2D eigenvalue weighted by Crippen LogP contribution is 2.07. The second-order valence-electron chi connectivity index (χ2n) is 2.68. The van der Waals surface area contributed by atoms with Crippen LogP contribution in [0.15, 0.2) is 0 Å². The molecule has 0 fully saturated rings. The highest BCUT2D eigenvalue weighted by atomic mass is 27.1. The first kappa shape index (κ1) is 5.67. The van der Waals surface area contributed by atoms with Crippen molar-refractivity contribution < 1.29 is 0 Å². The highest BCUT2D eigenvalue weighted by molar-refractivity contribution is 6.38. The van der Waals surface area contributed by atoms with Crippen LogP contribution < -0.4 is 0 Å². The molecule has 0 aromatic rings. The van der Waals surface area contributed by atoms with Crippen LogP contribution in [0.2, 0.25) is 9.56 Å². The molecule has 0 saturated carbocycles. The van der Waals surface area contributed by atoms with Gasteiger partial charge < -0.3 is 0 Å². The van der Waals surface area contributed by atoms with Gasteiger partial charge >= 0.3 is 0 Å². The Morgan fingerprint density at radius 3 is 1.43 bits per heavy atom. The summed E-state index contributed by atoms with van der Waals surface area (Å²) in [5, 5.41) is 0. The SMILES string of the molecule is [2H][Al]([CH](C)C)[CH](C)C. The smallest absolute Gasteiger partial charge is 0.0912 e. The van der Waals surface area contributed by atoms with E-state index in [1.807, 2.05) is 0 Å². The lowest BCUT2D eigenvalue weighted by Gasteiger charge is -2.01. The molecule has 0 N–H and O–H groups in total. The second kappa shape index (κ2) is 3.52. The Balaban J connectivity index is 3.46. The van der Waals surface area contributed by atoms with E-state index in [0.717, 1.165) is 0 Å². The van der Waals surface area contributed by atoms with Gasteiger partial charge in [0.1, 0.15) is 0 Å². The molecule has 7 heavy (non-hydrogen) atoms. The lowest BCUT2D eigenvalue weighted by atomic mass is 10.5. The topological polar surface area (TPSA) is 0 Å². The van der Waals surface area contributed by atoms with E-state index in [9.17, 15) is 0 Å². The van der Waals surface area contributed by atoms with Crippen LogP contribution in [0.25, 0.3) is 0 Å². The maximum Gasteiger partial charge on any atom is 0.243 e. The summed E-state index contributed by atoms with van der Waals surface area (Å²) < 4.78 is 8.92. The molecule has 0 nitrogen and oxygen atoms in total. The Morgan fingerprint density at radius 1 is 1.14 bits per heavy atom. The summed E-state index contributed by atoms with van der Waals surface area (Å²) in [4.78, 5) is 0. The van der Waals surface area contributed by atoms with Gasteiger partial charge in [-0.05, 0) is 0 Å². The van der Waals surface area contributed by atoms with E-state index in [1.165, 1.54) is 0 Å². The predicted octanol–water partition coefficient (Wildman–Crippen LogP) is 2.08. The molecule has 0 unspecified atom stereocenters. The van der Waals surface area contributed by atoms with Crippen LogP contribution in [0.3, 0.4) is 0 Å². The fourth-order valence-corrected chi connectivity index (χ4v) is 2.31.